The van der Waals surface area contributed by atoms with Crippen LogP contribution in [0.25, 0.3) is 0 Å². The van der Waals surface area contributed by atoms with E-state index >= 15 is 0 Å². The van der Waals surface area contributed by atoms with Gasteiger partial charge in [0.05, 0.1) is 18.5 Å². The van der Waals surface area contributed by atoms with E-state index in [-0.39, 0.29) is 28.8 Å². The molecule has 0 aliphatic rings. The van der Waals surface area contributed by atoms with Gasteiger partial charge in [-0.25, -0.2) is 0 Å². The lowest BCUT2D eigenvalue weighted by atomic mass is 10.1. The number of amides is 1. The van der Waals surface area contributed by atoms with Crippen LogP contribution in [-0.4, -0.2) is 23.1 Å². The molecule has 2 aromatic rings. The number of nitrogens with zero attached hydrogens (tertiary/aromatic N) is 1. The molecular formula is C17H17N3O4S. The second-order valence-corrected chi connectivity index (χ2v) is 5.71. The molecular weight excluding hydrogens is 342 g/mol. The molecule has 8 heteroatoms. The van der Waals surface area contributed by atoms with Crippen molar-refractivity contribution in [3.63, 3.8) is 0 Å². The van der Waals surface area contributed by atoms with Crippen LogP contribution in [0.2, 0.25) is 0 Å². The minimum Gasteiger partial charge on any atom is -0.497 e. The van der Waals surface area contributed by atoms with Crippen LogP contribution in [0.4, 0.5) is 11.4 Å². The molecule has 0 bridgehead atoms. The molecule has 0 aliphatic heterocycles. The maximum Gasteiger partial charge on any atom is 0.292 e. The number of carbonyl (C=O) groups is 1. The molecule has 0 aliphatic carbocycles. The lowest BCUT2D eigenvalue weighted by molar-refractivity contribution is -0.383. The van der Waals surface area contributed by atoms with Crippen LogP contribution in [0.5, 0.6) is 5.75 Å². The van der Waals surface area contributed by atoms with Crippen molar-refractivity contribution >= 4 is 34.6 Å². The Hall–Kier alpha value is -3.00. The zero-order valence-electron chi connectivity index (χ0n) is 13.7. The average Bonchev–Trinajstić information content (AvgIpc) is 2.56. The molecule has 0 unspecified atom stereocenters. The molecule has 0 heterocycles. The van der Waals surface area contributed by atoms with Crippen molar-refractivity contribution in [3.8, 4) is 5.75 Å². The normalized spacial score (nSPS) is 10.0. The fraction of sp³-hybridized carbons (Fsp3) is 0.176. The summed E-state index contributed by atoms with van der Waals surface area (Å²) in [6.45, 7) is 1.76. The van der Waals surface area contributed by atoms with Gasteiger partial charge in [-0.05, 0) is 48.5 Å². The van der Waals surface area contributed by atoms with Gasteiger partial charge in [-0.15, -0.1) is 0 Å². The molecule has 2 N–H and O–H groups in total. The molecule has 0 radical (unpaired) electrons. The van der Waals surface area contributed by atoms with Gasteiger partial charge in [-0.2, -0.15) is 0 Å². The molecule has 0 saturated heterocycles. The lowest BCUT2D eigenvalue weighted by Gasteiger charge is -2.10. The number of anilines is 1. The van der Waals surface area contributed by atoms with Gasteiger partial charge in [0, 0.05) is 6.07 Å². The van der Waals surface area contributed by atoms with Gasteiger partial charge in [0.2, 0.25) is 5.91 Å². The number of carbonyl (C=O) groups excluding carboxylic acids is 1. The number of benzene rings is 2. The SMILES string of the molecule is COc1ccc(CC(=O)NC(=S)Nc2ccc(C)cc2[N+](=O)[O-])cc1. The molecule has 1 amide bonds. The number of nitro groups is 1. The summed E-state index contributed by atoms with van der Waals surface area (Å²) >= 11 is 5.06. The number of rotatable bonds is 5. The van der Waals surface area contributed by atoms with Crippen molar-refractivity contribution in [3.05, 3.63) is 63.7 Å². The number of thiocarbonyl (C=S) groups is 1. The van der Waals surface area contributed by atoms with Gasteiger partial charge in [0.15, 0.2) is 5.11 Å². The summed E-state index contributed by atoms with van der Waals surface area (Å²) in [6.07, 6.45) is 0.127. The van der Waals surface area contributed by atoms with E-state index in [1.807, 2.05) is 0 Å². The molecule has 25 heavy (non-hydrogen) atoms. The molecule has 2 rings (SSSR count). The molecule has 0 aromatic heterocycles. The number of ether oxygens (including phenoxy) is 1. The molecule has 2 aromatic carbocycles. The third-order valence-corrected chi connectivity index (χ3v) is 3.58. The Kier molecular flexibility index (Phi) is 6.02. The van der Waals surface area contributed by atoms with E-state index < -0.39 is 4.92 Å². The number of hydrogen-bond donors (Lipinski definition) is 2. The highest BCUT2D eigenvalue weighted by Crippen LogP contribution is 2.25. The largest absolute Gasteiger partial charge is 0.497 e. The first-order valence-electron chi connectivity index (χ1n) is 7.38. The first-order valence-corrected chi connectivity index (χ1v) is 7.78. The summed E-state index contributed by atoms with van der Waals surface area (Å²) in [4.78, 5) is 22.6. The Bertz CT molecular complexity index is 806. The third kappa shape index (κ3) is 5.25. The zero-order chi connectivity index (χ0) is 18.4. The van der Waals surface area contributed by atoms with Crippen LogP contribution in [0.3, 0.4) is 0 Å². The summed E-state index contributed by atoms with van der Waals surface area (Å²) in [5.74, 6) is 0.380. The van der Waals surface area contributed by atoms with E-state index in [9.17, 15) is 14.9 Å². The monoisotopic (exact) mass is 359 g/mol. The molecule has 0 fully saturated rings. The van der Waals surface area contributed by atoms with E-state index in [0.717, 1.165) is 11.1 Å². The number of methoxy groups -OCH3 is 1. The third-order valence-electron chi connectivity index (χ3n) is 3.37. The molecule has 130 valence electrons. The summed E-state index contributed by atoms with van der Waals surface area (Å²) in [6, 6.07) is 11.8. The molecule has 0 atom stereocenters. The fourth-order valence-corrected chi connectivity index (χ4v) is 2.38. The molecule has 0 spiro atoms. The Balaban J connectivity index is 1.97. The second-order valence-electron chi connectivity index (χ2n) is 5.30. The van der Waals surface area contributed by atoms with Crippen molar-refractivity contribution in [2.45, 2.75) is 13.3 Å². The van der Waals surface area contributed by atoms with E-state index in [4.69, 9.17) is 17.0 Å². The van der Waals surface area contributed by atoms with Crippen molar-refractivity contribution in [2.75, 3.05) is 12.4 Å². The van der Waals surface area contributed by atoms with E-state index in [1.165, 1.54) is 6.07 Å². The van der Waals surface area contributed by atoms with Crippen molar-refractivity contribution in [2.24, 2.45) is 0 Å². The summed E-state index contributed by atoms with van der Waals surface area (Å²) in [5.41, 5.74) is 1.67. The quantitative estimate of drug-likeness (QED) is 0.484. The second kappa shape index (κ2) is 8.20. The highest BCUT2D eigenvalue weighted by molar-refractivity contribution is 7.80. The van der Waals surface area contributed by atoms with Gasteiger partial charge in [0.1, 0.15) is 11.4 Å². The summed E-state index contributed by atoms with van der Waals surface area (Å²) < 4.78 is 5.06. The first-order chi connectivity index (χ1) is 11.9. The Morgan fingerprint density at radius 3 is 2.52 bits per heavy atom. The molecule has 0 saturated carbocycles. The van der Waals surface area contributed by atoms with Gasteiger partial charge in [-0.3, -0.25) is 14.9 Å². The van der Waals surface area contributed by atoms with Gasteiger partial charge in [-0.1, -0.05) is 18.2 Å². The topological polar surface area (TPSA) is 93.5 Å². The van der Waals surface area contributed by atoms with Crippen LogP contribution in [-0.2, 0) is 11.2 Å². The lowest BCUT2D eigenvalue weighted by Crippen LogP contribution is -2.35. The van der Waals surface area contributed by atoms with Crippen molar-refractivity contribution in [1.29, 1.82) is 0 Å². The van der Waals surface area contributed by atoms with Crippen molar-refractivity contribution < 1.29 is 14.5 Å². The highest BCUT2D eigenvalue weighted by Gasteiger charge is 2.15. The first kappa shape index (κ1) is 18.3. The minimum atomic E-state index is -0.503. The standard InChI is InChI=1S/C17H17N3O4S/c1-11-3-8-14(15(9-11)20(22)23)18-17(25)19-16(21)10-12-4-6-13(24-2)7-5-12/h3-9H,10H2,1-2H3,(H2,18,19,21,25). The molecule has 7 nitrogen and oxygen atoms in total. The predicted molar refractivity (Wildman–Crippen MR) is 98.9 cm³/mol. The Morgan fingerprint density at radius 2 is 1.92 bits per heavy atom. The number of nitro benzene ring substituents is 1. The van der Waals surface area contributed by atoms with Crippen LogP contribution >= 0.6 is 12.2 Å². The average molecular weight is 359 g/mol. The van der Waals surface area contributed by atoms with Crippen LogP contribution in [0, 0.1) is 17.0 Å². The van der Waals surface area contributed by atoms with Gasteiger partial charge >= 0.3 is 0 Å². The number of aryl methyl sites for hydroxylation is 1. The number of nitrogens with one attached hydrogen (secondary N) is 2. The van der Waals surface area contributed by atoms with E-state index in [0.29, 0.717) is 5.75 Å². The van der Waals surface area contributed by atoms with Crippen LogP contribution in [0.1, 0.15) is 11.1 Å². The Morgan fingerprint density at radius 1 is 1.24 bits per heavy atom. The van der Waals surface area contributed by atoms with Crippen molar-refractivity contribution in [1.82, 2.24) is 5.32 Å². The van der Waals surface area contributed by atoms with Crippen LogP contribution in [0.15, 0.2) is 42.5 Å². The maximum absolute atomic E-state index is 12.0. The summed E-state index contributed by atoms with van der Waals surface area (Å²) in [7, 11) is 1.57. The number of hydrogen-bond acceptors (Lipinski definition) is 5. The predicted octanol–water partition coefficient (Wildman–Crippen LogP) is 2.97. The Labute approximate surface area is 150 Å². The van der Waals surface area contributed by atoms with Crippen LogP contribution < -0.4 is 15.4 Å². The van der Waals surface area contributed by atoms with Gasteiger partial charge < -0.3 is 15.4 Å². The smallest absolute Gasteiger partial charge is 0.292 e. The zero-order valence-corrected chi connectivity index (χ0v) is 14.6. The maximum atomic E-state index is 12.0. The fourth-order valence-electron chi connectivity index (χ4n) is 2.15. The summed E-state index contributed by atoms with van der Waals surface area (Å²) in [5, 5.41) is 16.3. The van der Waals surface area contributed by atoms with E-state index in [2.05, 4.69) is 10.6 Å². The van der Waals surface area contributed by atoms with E-state index in [1.54, 1.807) is 50.4 Å². The highest BCUT2D eigenvalue weighted by atomic mass is 32.1. The minimum absolute atomic E-state index is 0.00506. The van der Waals surface area contributed by atoms with Gasteiger partial charge in [0.25, 0.3) is 5.69 Å².